The highest BCUT2D eigenvalue weighted by molar-refractivity contribution is 7.29. The normalized spacial score (nSPS) is 10.9. The smallest absolute Gasteiger partial charge is 0.140 e. The molecule has 4 heteroatoms. The van der Waals surface area contributed by atoms with E-state index in [1.165, 1.54) is 5.56 Å². The first kappa shape index (κ1) is 11.1. The first-order chi connectivity index (χ1) is 8.92. The Hall–Kier alpha value is -1.99. The molecule has 0 saturated carbocycles. The van der Waals surface area contributed by atoms with Crippen LogP contribution in [0.2, 0.25) is 0 Å². The molecule has 3 nitrogen and oxygen atoms in total. The predicted octanol–water partition coefficient (Wildman–Crippen LogP) is 3.57. The van der Waals surface area contributed by atoms with Gasteiger partial charge in [0.25, 0.3) is 0 Å². The summed E-state index contributed by atoms with van der Waals surface area (Å²) in [5, 5.41) is 8.44. The Bertz CT molecular complexity index is 620. The Labute approximate surface area is 107 Å². The minimum absolute atomic E-state index is 0.794. The van der Waals surface area contributed by atoms with Gasteiger partial charge in [-0.3, -0.25) is 0 Å². The predicted molar refractivity (Wildman–Crippen MR) is 73.5 cm³/mol. The zero-order chi connectivity index (χ0) is 12.2. The number of benzene rings is 2. The standard InChI is InChI=1S/C14H12N3P/c1-3-7-12(8-4-1)11-17-16-15-14(18-17)13-9-5-2-6-10-13/h1-10H,11H2. The van der Waals surface area contributed by atoms with E-state index in [2.05, 4.69) is 34.6 Å². The van der Waals surface area contributed by atoms with E-state index >= 15 is 0 Å². The summed E-state index contributed by atoms with van der Waals surface area (Å²) in [4.78, 5) is 0. The molecule has 0 spiro atoms. The molecule has 88 valence electrons. The van der Waals surface area contributed by atoms with Gasteiger partial charge in [-0.15, -0.1) is 5.10 Å². The van der Waals surface area contributed by atoms with Crippen molar-refractivity contribution in [3.63, 3.8) is 0 Å². The van der Waals surface area contributed by atoms with E-state index in [0.29, 0.717) is 0 Å². The van der Waals surface area contributed by atoms with Gasteiger partial charge in [0.1, 0.15) is 5.43 Å². The van der Waals surface area contributed by atoms with E-state index in [9.17, 15) is 0 Å². The lowest BCUT2D eigenvalue weighted by molar-refractivity contribution is 0.698. The highest BCUT2D eigenvalue weighted by Gasteiger charge is 2.04. The van der Waals surface area contributed by atoms with E-state index in [-0.39, 0.29) is 0 Å². The van der Waals surface area contributed by atoms with Crippen LogP contribution in [0.1, 0.15) is 5.56 Å². The maximum Gasteiger partial charge on any atom is 0.140 e. The number of hydrogen-bond donors (Lipinski definition) is 0. The summed E-state index contributed by atoms with van der Waals surface area (Å²) in [6.07, 6.45) is 0. The first-order valence-electron chi connectivity index (χ1n) is 5.79. The van der Waals surface area contributed by atoms with Crippen LogP contribution in [0.4, 0.5) is 0 Å². The quantitative estimate of drug-likeness (QED) is 0.714. The highest BCUT2D eigenvalue weighted by Crippen LogP contribution is 2.24. The molecule has 2 aromatic carbocycles. The minimum atomic E-state index is 0.794. The van der Waals surface area contributed by atoms with E-state index in [1.807, 2.05) is 40.8 Å². The van der Waals surface area contributed by atoms with E-state index < -0.39 is 0 Å². The number of rotatable bonds is 3. The van der Waals surface area contributed by atoms with Crippen molar-refractivity contribution in [2.24, 2.45) is 0 Å². The molecule has 18 heavy (non-hydrogen) atoms. The van der Waals surface area contributed by atoms with E-state index in [0.717, 1.165) is 25.9 Å². The van der Waals surface area contributed by atoms with Crippen molar-refractivity contribution in [1.82, 2.24) is 14.8 Å². The summed E-state index contributed by atoms with van der Waals surface area (Å²) in [6, 6.07) is 20.5. The monoisotopic (exact) mass is 253 g/mol. The molecule has 0 saturated heterocycles. The molecule has 0 fully saturated rings. The third-order valence-corrected chi connectivity index (χ3v) is 3.64. The van der Waals surface area contributed by atoms with Crippen molar-refractivity contribution in [2.75, 3.05) is 0 Å². The number of aromatic nitrogens is 3. The van der Waals surface area contributed by atoms with Crippen LogP contribution in [0.5, 0.6) is 0 Å². The molecule has 3 rings (SSSR count). The fourth-order valence-corrected chi connectivity index (χ4v) is 2.64. The topological polar surface area (TPSA) is 30.7 Å². The molecule has 0 aliphatic carbocycles. The maximum atomic E-state index is 4.24. The molecule has 0 aliphatic heterocycles. The van der Waals surface area contributed by atoms with Crippen LogP contribution in [0.25, 0.3) is 11.0 Å². The Morgan fingerprint density at radius 3 is 2.28 bits per heavy atom. The molecular formula is C14H12N3P. The lowest BCUT2D eigenvalue weighted by Crippen LogP contribution is -1.97. The van der Waals surface area contributed by atoms with Gasteiger partial charge in [-0.1, -0.05) is 65.9 Å². The SMILES string of the molecule is c1ccc(Cn2nnc(-c3ccccc3)p2)cc1. The summed E-state index contributed by atoms with van der Waals surface area (Å²) in [7, 11) is 1.04. The van der Waals surface area contributed by atoms with Gasteiger partial charge in [0.2, 0.25) is 0 Å². The second-order valence-corrected chi connectivity index (χ2v) is 5.08. The minimum Gasteiger partial charge on any atom is -0.222 e. The van der Waals surface area contributed by atoms with Gasteiger partial charge >= 0.3 is 0 Å². The van der Waals surface area contributed by atoms with Gasteiger partial charge in [-0.25, -0.2) is 4.44 Å². The lowest BCUT2D eigenvalue weighted by Gasteiger charge is -1.98. The van der Waals surface area contributed by atoms with Crippen LogP contribution < -0.4 is 0 Å². The largest absolute Gasteiger partial charge is 0.222 e. The van der Waals surface area contributed by atoms with Gasteiger partial charge in [0, 0.05) is 5.56 Å². The van der Waals surface area contributed by atoms with Gasteiger partial charge in [-0.05, 0) is 5.56 Å². The van der Waals surface area contributed by atoms with Gasteiger partial charge in [0.05, 0.1) is 14.9 Å². The van der Waals surface area contributed by atoms with Crippen molar-refractivity contribution < 1.29 is 0 Å². The molecule has 0 unspecified atom stereocenters. The Morgan fingerprint density at radius 1 is 0.889 bits per heavy atom. The van der Waals surface area contributed by atoms with Crippen molar-refractivity contribution in [2.45, 2.75) is 6.54 Å². The van der Waals surface area contributed by atoms with Gasteiger partial charge in [-0.2, -0.15) is 0 Å². The van der Waals surface area contributed by atoms with Gasteiger partial charge < -0.3 is 0 Å². The second kappa shape index (κ2) is 5.11. The third kappa shape index (κ3) is 2.47. The zero-order valence-electron chi connectivity index (χ0n) is 9.77. The summed E-state index contributed by atoms with van der Waals surface area (Å²) in [5.74, 6) is 0. The van der Waals surface area contributed by atoms with Gasteiger partial charge in [0.15, 0.2) is 0 Å². The fraction of sp³-hybridized carbons (Fsp3) is 0.0714. The van der Waals surface area contributed by atoms with Crippen molar-refractivity contribution in [3.8, 4) is 11.0 Å². The molecule has 1 heterocycles. The highest BCUT2D eigenvalue weighted by atomic mass is 31.0. The molecule has 3 aromatic rings. The van der Waals surface area contributed by atoms with E-state index in [1.54, 1.807) is 0 Å². The fourth-order valence-electron chi connectivity index (χ4n) is 1.76. The Kier molecular flexibility index (Phi) is 3.16. The van der Waals surface area contributed by atoms with Crippen molar-refractivity contribution in [3.05, 3.63) is 66.2 Å². The average Bonchev–Trinajstić information content (AvgIpc) is 2.89. The molecule has 0 aliphatic rings. The van der Waals surface area contributed by atoms with Crippen LogP contribution >= 0.6 is 8.35 Å². The van der Waals surface area contributed by atoms with Crippen LogP contribution in [-0.2, 0) is 6.54 Å². The van der Waals surface area contributed by atoms with Crippen molar-refractivity contribution in [1.29, 1.82) is 0 Å². The summed E-state index contributed by atoms with van der Waals surface area (Å²) >= 11 is 0. The molecule has 0 atom stereocenters. The second-order valence-electron chi connectivity index (χ2n) is 4.00. The molecular weight excluding hydrogens is 241 g/mol. The number of nitrogens with zero attached hydrogens (tertiary/aromatic N) is 3. The molecule has 0 amide bonds. The zero-order valence-corrected chi connectivity index (χ0v) is 10.7. The third-order valence-electron chi connectivity index (χ3n) is 2.65. The van der Waals surface area contributed by atoms with Crippen LogP contribution in [0.3, 0.4) is 0 Å². The maximum absolute atomic E-state index is 4.24. The molecule has 1 aromatic heterocycles. The molecule has 0 N–H and O–H groups in total. The first-order valence-corrected chi connectivity index (χ1v) is 6.64. The Morgan fingerprint density at radius 2 is 1.56 bits per heavy atom. The van der Waals surface area contributed by atoms with Crippen LogP contribution in [0, 0.1) is 0 Å². The lowest BCUT2D eigenvalue weighted by atomic mass is 10.2. The summed E-state index contributed by atoms with van der Waals surface area (Å²) in [6.45, 7) is 0.794. The molecule has 0 radical (unpaired) electrons. The van der Waals surface area contributed by atoms with Crippen molar-refractivity contribution >= 4 is 8.35 Å². The average molecular weight is 253 g/mol. The van der Waals surface area contributed by atoms with E-state index in [4.69, 9.17) is 0 Å². The molecule has 0 bridgehead atoms. The van der Waals surface area contributed by atoms with Crippen LogP contribution in [0.15, 0.2) is 60.7 Å². The summed E-state index contributed by atoms with van der Waals surface area (Å²) < 4.78 is 1.96. The van der Waals surface area contributed by atoms with Crippen LogP contribution in [-0.4, -0.2) is 14.8 Å². The number of hydrogen-bond acceptors (Lipinski definition) is 2. The summed E-state index contributed by atoms with van der Waals surface area (Å²) in [5.41, 5.74) is 3.39. The Balaban J connectivity index is 1.82.